The molecule has 39 heavy (non-hydrogen) atoms. The molecular formula is C27H32F3N3O6. The predicted octanol–water partition coefficient (Wildman–Crippen LogP) is 4.81. The Morgan fingerprint density at radius 3 is 2.23 bits per heavy atom. The predicted molar refractivity (Wildman–Crippen MR) is 134 cm³/mol. The minimum absolute atomic E-state index is 0.101. The Morgan fingerprint density at radius 1 is 1.00 bits per heavy atom. The lowest BCUT2D eigenvalue weighted by atomic mass is 10.0. The fourth-order valence-corrected chi connectivity index (χ4v) is 4.01. The van der Waals surface area contributed by atoms with Crippen molar-refractivity contribution in [1.82, 2.24) is 15.8 Å². The first kappa shape index (κ1) is 29.8. The highest BCUT2D eigenvalue weighted by atomic mass is 19.4. The molecule has 0 unspecified atom stereocenters. The van der Waals surface area contributed by atoms with Gasteiger partial charge in [-0.25, -0.2) is 4.79 Å². The SMILES string of the molecule is CC(C)(C)OC(=O)N1C(C)(C)OC[C@]1(C)C(=O)NNC(=O)c1ccc(OCc2ccccc2)c(C(F)(F)F)c1. The molecule has 1 heterocycles. The van der Waals surface area contributed by atoms with Crippen molar-refractivity contribution in [3.8, 4) is 5.75 Å². The smallest absolute Gasteiger partial charge is 0.419 e. The first-order valence-electron chi connectivity index (χ1n) is 12.1. The molecule has 9 nitrogen and oxygen atoms in total. The minimum atomic E-state index is -4.81. The normalized spacial score (nSPS) is 18.8. The van der Waals surface area contributed by atoms with Crippen molar-refractivity contribution >= 4 is 17.9 Å². The van der Waals surface area contributed by atoms with Crippen LogP contribution in [0.2, 0.25) is 0 Å². The molecule has 0 aliphatic carbocycles. The maximum absolute atomic E-state index is 13.8. The monoisotopic (exact) mass is 551 g/mol. The lowest BCUT2D eigenvalue weighted by Gasteiger charge is -2.39. The number of benzene rings is 2. The van der Waals surface area contributed by atoms with Gasteiger partial charge in [0.25, 0.3) is 11.8 Å². The highest BCUT2D eigenvalue weighted by molar-refractivity contribution is 5.97. The van der Waals surface area contributed by atoms with Gasteiger partial charge in [-0.3, -0.25) is 25.3 Å². The van der Waals surface area contributed by atoms with Gasteiger partial charge in [-0.05, 0) is 65.3 Å². The second-order valence-corrected chi connectivity index (χ2v) is 10.7. The Bertz CT molecular complexity index is 1230. The lowest BCUT2D eigenvalue weighted by Crippen LogP contribution is -2.63. The second-order valence-electron chi connectivity index (χ2n) is 10.7. The standard InChI is InChI=1S/C27H32F3N3O6/c1-24(2,3)39-23(36)33-25(4,5)38-16-26(33,6)22(35)32-31-21(34)18-12-13-20(19(14-18)27(28,29)30)37-15-17-10-8-7-9-11-17/h7-14H,15-16H2,1-6H3,(H,31,34)(H,32,35)/t26-/m1/s1. The van der Waals surface area contributed by atoms with E-state index < -0.39 is 52.3 Å². The number of amides is 3. The zero-order valence-corrected chi connectivity index (χ0v) is 22.6. The summed E-state index contributed by atoms with van der Waals surface area (Å²) in [6.07, 6.45) is -5.62. The molecule has 1 saturated heterocycles. The minimum Gasteiger partial charge on any atom is -0.488 e. The number of hydrogen-bond donors (Lipinski definition) is 2. The average Bonchev–Trinajstić information content (AvgIpc) is 3.09. The van der Waals surface area contributed by atoms with Gasteiger partial charge in [-0.1, -0.05) is 30.3 Å². The number of carbonyl (C=O) groups excluding carboxylic acids is 3. The van der Waals surface area contributed by atoms with Gasteiger partial charge >= 0.3 is 12.3 Å². The Hall–Kier alpha value is -3.80. The molecule has 1 atom stereocenters. The third-order valence-corrected chi connectivity index (χ3v) is 5.88. The summed E-state index contributed by atoms with van der Waals surface area (Å²) in [5, 5.41) is 0. The van der Waals surface area contributed by atoms with Gasteiger partial charge in [-0.2, -0.15) is 13.2 Å². The van der Waals surface area contributed by atoms with E-state index in [2.05, 4.69) is 10.9 Å². The number of alkyl halides is 3. The molecule has 2 N–H and O–H groups in total. The fourth-order valence-electron chi connectivity index (χ4n) is 4.01. The van der Waals surface area contributed by atoms with Crippen molar-refractivity contribution in [2.24, 2.45) is 0 Å². The van der Waals surface area contributed by atoms with E-state index in [1.165, 1.54) is 6.92 Å². The van der Waals surface area contributed by atoms with Crippen LogP contribution in [0.5, 0.6) is 5.75 Å². The van der Waals surface area contributed by atoms with Crippen LogP contribution in [0.1, 0.15) is 63.0 Å². The molecule has 0 saturated carbocycles. The molecular weight excluding hydrogens is 519 g/mol. The van der Waals surface area contributed by atoms with Crippen molar-refractivity contribution in [1.29, 1.82) is 0 Å². The van der Waals surface area contributed by atoms with Crippen LogP contribution in [0.4, 0.5) is 18.0 Å². The van der Waals surface area contributed by atoms with Crippen LogP contribution < -0.4 is 15.6 Å². The number of rotatable bonds is 5. The van der Waals surface area contributed by atoms with E-state index in [1.54, 1.807) is 65.0 Å². The third-order valence-electron chi connectivity index (χ3n) is 5.88. The van der Waals surface area contributed by atoms with Crippen molar-refractivity contribution in [2.45, 2.75) is 71.2 Å². The van der Waals surface area contributed by atoms with Crippen molar-refractivity contribution in [2.75, 3.05) is 6.61 Å². The summed E-state index contributed by atoms with van der Waals surface area (Å²) in [4.78, 5) is 39.8. The summed E-state index contributed by atoms with van der Waals surface area (Å²) >= 11 is 0. The largest absolute Gasteiger partial charge is 0.488 e. The average molecular weight is 552 g/mol. The van der Waals surface area contributed by atoms with Gasteiger partial charge in [-0.15, -0.1) is 0 Å². The summed E-state index contributed by atoms with van der Waals surface area (Å²) in [5.74, 6) is -2.28. The highest BCUT2D eigenvalue weighted by Gasteiger charge is 2.57. The molecule has 1 aliphatic heterocycles. The summed E-state index contributed by atoms with van der Waals surface area (Å²) < 4.78 is 57.7. The van der Waals surface area contributed by atoms with E-state index in [0.717, 1.165) is 17.0 Å². The Morgan fingerprint density at radius 2 is 1.64 bits per heavy atom. The van der Waals surface area contributed by atoms with Gasteiger partial charge in [0.15, 0.2) is 0 Å². The molecule has 0 aromatic heterocycles. The number of ether oxygens (including phenoxy) is 3. The number of halogens is 3. The van der Waals surface area contributed by atoms with Crippen LogP contribution in [0.15, 0.2) is 48.5 Å². The van der Waals surface area contributed by atoms with E-state index in [9.17, 15) is 27.6 Å². The fraction of sp³-hybridized carbons (Fsp3) is 0.444. The van der Waals surface area contributed by atoms with Crippen molar-refractivity contribution in [3.05, 3.63) is 65.2 Å². The van der Waals surface area contributed by atoms with Gasteiger partial charge in [0, 0.05) is 5.56 Å². The molecule has 1 aliphatic rings. The maximum atomic E-state index is 13.8. The van der Waals surface area contributed by atoms with Gasteiger partial charge in [0.2, 0.25) is 0 Å². The van der Waals surface area contributed by atoms with E-state index in [1.807, 2.05) is 0 Å². The van der Waals surface area contributed by atoms with Gasteiger partial charge in [0.1, 0.15) is 29.2 Å². The zero-order chi connectivity index (χ0) is 29.2. The summed E-state index contributed by atoms with van der Waals surface area (Å²) in [5.41, 5.74) is -0.204. The van der Waals surface area contributed by atoms with Crippen LogP contribution in [-0.4, -0.2) is 46.3 Å². The van der Waals surface area contributed by atoms with Crippen molar-refractivity contribution < 1.29 is 41.8 Å². The number of nitrogens with zero attached hydrogens (tertiary/aromatic N) is 1. The van der Waals surface area contributed by atoms with Crippen LogP contribution in [0.25, 0.3) is 0 Å². The van der Waals surface area contributed by atoms with Crippen molar-refractivity contribution in [3.63, 3.8) is 0 Å². The number of hydrogen-bond acceptors (Lipinski definition) is 6. The molecule has 0 bridgehead atoms. The van der Waals surface area contributed by atoms with Crippen LogP contribution in [0, 0.1) is 0 Å². The maximum Gasteiger partial charge on any atom is 0.419 e. The molecule has 0 radical (unpaired) electrons. The Kier molecular flexibility index (Phi) is 8.21. The molecule has 2 aromatic rings. The number of carbonyl (C=O) groups is 3. The van der Waals surface area contributed by atoms with Gasteiger partial charge < -0.3 is 14.2 Å². The highest BCUT2D eigenvalue weighted by Crippen LogP contribution is 2.38. The third kappa shape index (κ3) is 6.99. The van der Waals surface area contributed by atoms with Crippen LogP contribution >= 0.6 is 0 Å². The quantitative estimate of drug-likeness (QED) is 0.517. The van der Waals surface area contributed by atoms with Crippen LogP contribution in [0.3, 0.4) is 0 Å². The molecule has 3 rings (SSSR count). The van der Waals surface area contributed by atoms with E-state index >= 15 is 0 Å². The molecule has 1 fully saturated rings. The summed E-state index contributed by atoms with van der Waals surface area (Å²) in [6.45, 7) is 9.26. The lowest BCUT2D eigenvalue weighted by molar-refractivity contribution is -0.139. The zero-order valence-electron chi connectivity index (χ0n) is 22.6. The number of hydrazine groups is 1. The second kappa shape index (κ2) is 10.8. The number of nitrogens with one attached hydrogen (secondary N) is 2. The Balaban J connectivity index is 1.74. The summed E-state index contributed by atoms with van der Waals surface area (Å²) in [6, 6.07) is 11.5. The molecule has 12 heteroatoms. The molecule has 212 valence electrons. The topological polar surface area (TPSA) is 106 Å². The van der Waals surface area contributed by atoms with Gasteiger partial charge in [0.05, 0.1) is 12.2 Å². The molecule has 2 aromatic carbocycles. The van der Waals surface area contributed by atoms with E-state index in [0.29, 0.717) is 11.6 Å². The first-order chi connectivity index (χ1) is 17.9. The Labute approximate surface area is 224 Å². The van der Waals surface area contributed by atoms with E-state index in [-0.39, 0.29) is 18.8 Å². The van der Waals surface area contributed by atoms with Crippen LogP contribution in [-0.2, 0) is 27.1 Å². The molecule has 3 amide bonds. The summed E-state index contributed by atoms with van der Waals surface area (Å²) in [7, 11) is 0. The van der Waals surface area contributed by atoms with E-state index in [4.69, 9.17) is 14.2 Å². The molecule has 0 spiro atoms. The first-order valence-corrected chi connectivity index (χ1v) is 12.1.